The first kappa shape index (κ1) is 18.0. The summed E-state index contributed by atoms with van der Waals surface area (Å²) in [6.07, 6.45) is 0. The first-order valence-electron chi connectivity index (χ1n) is 7.36. The Balaban J connectivity index is 2.14. The van der Waals surface area contributed by atoms with Gasteiger partial charge in [0.1, 0.15) is 0 Å². The number of amides is 1. The smallest absolute Gasteiger partial charge is 0.303 e. The summed E-state index contributed by atoms with van der Waals surface area (Å²) in [5.74, 6) is -0.247. The van der Waals surface area contributed by atoms with Gasteiger partial charge in [0.2, 0.25) is 0 Å². The minimum Gasteiger partial charge on any atom is -0.322 e. The average Bonchev–Trinajstić information content (AvgIpc) is 2.56. The molecule has 0 aliphatic carbocycles. The fraction of sp³-hybridized carbons (Fsp3) is 0.235. The van der Waals surface area contributed by atoms with Crippen LogP contribution in [0.15, 0.2) is 48.5 Å². The monoisotopic (exact) mass is 347 g/mol. The molecule has 128 valence electrons. The summed E-state index contributed by atoms with van der Waals surface area (Å²) in [4.78, 5) is 12.2. The van der Waals surface area contributed by atoms with Crippen molar-refractivity contribution in [3.05, 3.63) is 59.7 Å². The lowest BCUT2D eigenvalue weighted by Crippen LogP contribution is -2.37. The van der Waals surface area contributed by atoms with E-state index in [1.54, 1.807) is 24.3 Å². The summed E-state index contributed by atoms with van der Waals surface area (Å²) < 4.78 is 26.5. The number of nitrogens with one attached hydrogen (secondary N) is 1. The molecule has 0 saturated heterocycles. The van der Waals surface area contributed by atoms with Gasteiger partial charge in [-0.2, -0.15) is 12.7 Å². The Hall–Kier alpha value is -2.38. The van der Waals surface area contributed by atoms with E-state index < -0.39 is 10.2 Å². The average molecular weight is 347 g/mol. The van der Waals surface area contributed by atoms with Crippen molar-refractivity contribution >= 4 is 27.5 Å². The van der Waals surface area contributed by atoms with Gasteiger partial charge in [-0.1, -0.05) is 17.7 Å². The first-order chi connectivity index (χ1) is 11.2. The zero-order valence-corrected chi connectivity index (χ0v) is 15.0. The van der Waals surface area contributed by atoms with Crippen LogP contribution in [0.2, 0.25) is 0 Å². The Morgan fingerprint density at radius 1 is 0.917 bits per heavy atom. The van der Waals surface area contributed by atoms with Crippen molar-refractivity contribution in [3.8, 4) is 0 Å². The summed E-state index contributed by atoms with van der Waals surface area (Å²) in [6, 6.07) is 13.9. The molecule has 0 aliphatic rings. The quantitative estimate of drug-likeness (QED) is 0.903. The molecule has 0 aliphatic heterocycles. The van der Waals surface area contributed by atoms with Crippen LogP contribution in [0.3, 0.4) is 0 Å². The van der Waals surface area contributed by atoms with Crippen LogP contribution in [0.5, 0.6) is 0 Å². The van der Waals surface area contributed by atoms with Crippen LogP contribution in [0, 0.1) is 6.92 Å². The molecule has 2 aromatic rings. The Labute approximate surface area is 142 Å². The minimum atomic E-state index is -3.55. The molecule has 0 fully saturated rings. The number of anilines is 2. The number of aryl methyl sites for hydroxylation is 1. The molecule has 0 heterocycles. The maximum absolute atomic E-state index is 12.2. The molecule has 0 spiro atoms. The van der Waals surface area contributed by atoms with E-state index in [0.717, 1.165) is 14.2 Å². The highest BCUT2D eigenvalue weighted by molar-refractivity contribution is 7.90. The highest BCUT2D eigenvalue weighted by Crippen LogP contribution is 2.19. The number of nitrogens with zero attached hydrogens (tertiary/aromatic N) is 2. The van der Waals surface area contributed by atoms with Gasteiger partial charge < -0.3 is 5.32 Å². The van der Waals surface area contributed by atoms with Crippen LogP contribution >= 0.6 is 0 Å². The molecule has 7 heteroatoms. The fourth-order valence-corrected chi connectivity index (χ4v) is 2.92. The minimum absolute atomic E-state index is 0.247. The maximum atomic E-state index is 12.2. The summed E-state index contributed by atoms with van der Waals surface area (Å²) in [5, 5.41) is 2.80. The van der Waals surface area contributed by atoms with E-state index in [4.69, 9.17) is 0 Å². The van der Waals surface area contributed by atoms with E-state index in [-0.39, 0.29) is 5.91 Å². The summed E-state index contributed by atoms with van der Waals surface area (Å²) in [5.41, 5.74) is 2.76. The molecule has 2 rings (SSSR count). The van der Waals surface area contributed by atoms with Crippen molar-refractivity contribution in [3.63, 3.8) is 0 Å². The highest BCUT2D eigenvalue weighted by Gasteiger charge is 2.21. The van der Waals surface area contributed by atoms with E-state index in [1.807, 2.05) is 31.2 Å². The molecule has 6 nitrogen and oxygen atoms in total. The summed E-state index contributed by atoms with van der Waals surface area (Å²) >= 11 is 0. The predicted molar refractivity (Wildman–Crippen MR) is 96.6 cm³/mol. The zero-order valence-electron chi connectivity index (χ0n) is 14.1. The number of carbonyl (C=O) groups excluding carboxylic acids is 1. The van der Waals surface area contributed by atoms with Gasteiger partial charge in [0.25, 0.3) is 5.91 Å². The molecular weight excluding hydrogens is 326 g/mol. The van der Waals surface area contributed by atoms with E-state index in [0.29, 0.717) is 16.9 Å². The van der Waals surface area contributed by atoms with Crippen molar-refractivity contribution in [2.24, 2.45) is 0 Å². The van der Waals surface area contributed by atoms with Gasteiger partial charge in [-0.25, -0.2) is 0 Å². The van der Waals surface area contributed by atoms with Crippen LogP contribution < -0.4 is 9.62 Å². The van der Waals surface area contributed by atoms with E-state index in [2.05, 4.69) is 5.32 Å². The van der Waals surface area contributed by atoms with Gasteiger partial charge in [-0.05, 0) is 43.3 Å². The molecular formula is C17H21N3O3S. The lowest BCUT2D eigenvalue weighted by Gasteiger charge is -2.23. The topological polar surface area (TPSA) is 69.7 Å². The molecule has 2 aromatic carbocycles. The fourth-order valence-electron chi connectivity index (χ4n) is 2.04. The molecule has 0 unspecified atom stereocenters. The molecule has 1 amide bonds. The lowest BCUT2D eigenvalue weighted by molar-refractivity contribution is 0.102. The second-order valence-corrected chi connectivity index (χ2v) is 7.80. The third kappa shape index (κ3) is 3.93. The third-order valence-electron chi connectivity index (χ3n) is 3.61. The number of benzene rings is 2. The van der Waals surface area contributed by atoms with Gasteiger partial charge in [-0.15, -0.1) is 0 Å². The molecule has 0 radical (unpaired) electrons. The van der Waals surface area contributed by atoms with Crippen molar-refractivity contribution in [2.45, 2.75) is 6.92 Å². The second-order valence-electron chi connectivity index (χ2n) is 5.62. The van der Waals surface area contributed by atoms with Crippen molar-refractivity contribution in [1.82, 2.24) is 4.31 Å². The molecule has 0 aromatic heterocycles. The Morgan fingerprint density at radius 2 is 1.46 bits per heavy atom. The normalized spacial score (nSPS) is 11.4. The lowest BCUT2D eigenvalue weighted by atomic mass is 10.2. The number of hydrogen-bond acceptors (Lipinski definition) is 3. The molecule has 0 atom stereocenters. The molecule has 24 heavy (non-hydrogen) atoms. The van der Waals surface area contributed by atoms with E-state index >= 15 is 0 Å². The SMILES string of the molecule is Cc1ccc(NC(=O)c2ccc(N(C)S(=O)(=O)N(C)C)cc2)cc1. The Morgan fingerprint density at radius 3 is 1.96 bits per heavy atom. The van der Waals surface area contributed by atoms with Crippen LogP contribution in [0.25, 0.3) is 0 Å². The van der Waals surface area contributed by atoms with Gasteiger partial charge >= 0.3 is 10.2 Å². The molecule has 0 bridgehead atoms. The Bertz CT molecular complexity index is 813. The first-order valence-corrected chi connectivity index (χ1v) is 8.76. The molecule has 0 saturated carbocycles. The van der Waals surface area contributed by atoms with Crippen LogP contribution in [0.1, 0.15) is 15.9 Å². The Kier molecular flexibility index (Phi) is 5.26. The summed E-state index contributed by atoms with van der Waals surface area (Å²) in [7, 11) is 0.854. The van der Waals surface area contributed by atoms with E-state index in [1.165, 1.54) is 21.1 Å². The maximum Gasteiger partial charge on any atom is 0.303 e. The van der Waals surface area contributed by atoms with Crippen LogP contribution in [-0.2, 0) is 10.2 Å². The second kappa shape index (κ2) is 7.02. The molecule has 1 N–H and O–H groups in total. The van der Waals surface area contributed by atoms with Crippen molar-refractivity contribution in [2.75, 3.05) is 30.8 Å². The third-order valence-corrected chi connectivity index (χ3v) is 5.44. The van der Waals surface area contributed by atoms with Crippen LogP contribution in [0.4, 0.5) is 11.4 Å². The number of carbonyl (C=O) groups is 1. The number of rotatable bonds is 5. The van der Waals surface area contributed by atoms with Gasteiger partial charge in [-0.3, -0.25) is 9.10 Å². The van der Waals surface area contributed by atoms with Gasteiger partial charge in [0.15, 0.2) is 0 Å². The van der Waals surface area contributed by atoms with Gasteiger partial charge in [0, 0.05) is 32.4 Å². The van der Waals surface area contributed by atoms with Gasteiger partial charge in [0.05, 0.1) is 5.69 Å². The highest BCUT2D eigenvalue weighted by atomic mass is 32.2. The van der Waals surface area contributed by atoms with Crippen molar-refractivity contribution in [1.29, 1.82) is 0 Å². The number of hydrogen-bond donors (Lipinski definition) is 1. The zero-order chi connectivity index (χ0) is 17.9. The van der Waals surface area contributed by atoms with Crippen LogP contribution in [-0.4, -0.2) is 39.8 Å². The van der Waals surface area contributed by atoms with Crippen molar-refractivity contribution < 1.29 is 13.2 Å². The largest absolute Gasteiger partial charge is 0.322 e. The summed E-state index contributed by atoms with van der Waals surface area (Å²) in [6.45, 7) is 1.97. The predicted octanol–water partition coefficient (Wildman–Crippen LogP) is 2.49. The van der Waals surface area contributed by atoms with E-state index in [9.17, 15) is 13.2 Å². The standard InChI is InChI=1S/C17H21N3O3S/c1-13-5-9-15(10-6-13)18-17(21)14-7-11-16(12-8-14)20(4)24(22,23)19(2)3/h5-12H,1-4H3,(H,18,21).